The fourth-order valence-electron chi connectivity index (χ4n) is 2.23. The maximum Gasteiger partial charge on any atom is 0.342 e. The van der Waals surface area contributed by atoms with E-state index in [1.807, 2.05) is 0 Å². The molecule has 144 valence electrons. The zero-order chi connectivity index (χ0) is 20.3. The van der Waals surface area contributed by atoms with Gasteiger partial charge in [-0.3, -0.25) is 0 Å². The van der Waals surface area contributed by atoms with E-state index >= 15 is 0 Å². The number of hydrogen-bond acceptors (Lipinski definition) is 6. The van der Waals surface area contributed by atoms with Gasteiger partial charge in [-0.05, 0) is 70.2 Å². The summed E-state index contributed by atoms with van der Waals surface area (Å²) in [6.45, 7) is 0. The molecule has 0 fully saturated rings. The highest BCUT2D eigenvalue weighted by atomic mass is 79.9. The molecule has 0 aliphatic carbocycles. The first-order chi connectivity index (χ1) is 13.4. The Morgan fingerprint density at radius 2 is 1.96 bits per heavy atom. The van der Waals surface area contributed by atoms with Crippen molar-refractivity contribution < 1.29 is 19.1 Å². The van der Waals surface area contributed by atoms with Crippen LogP contribution in [0.2, 0.25) is 5.02 Å². The van der Waals surface area contributed by atoms with Crippen molar-refractivity contribution >= 4 is 67.3 Å². The maximum absolute atomic E-state index is 11.7. The van der Waals surface area contributed by atoms with Crippen molar-refractivity contribution in [3.63, 3.8) is 0 Å². The highest BCUT2D eigenvalue weighted by Gasteiger charge is 2.18. The smallest absolute Gasteiger partial charge is 0.342 e. The van der Waals surface area contributed by atoms with Crippen LogP contribution in [0, 0.1) is 0 Å². The highest BCUT2D eigenvalue weighted by Crippen LogP contribution is 2.36. The second-order valence-electron chi connectivity index (χ2n) is 5.31. The number of carboxylic acids is 1. The van der Waals surface area contributed by atoms with Crippen molar-refractivity contribution in [3.8, 4) is 17.2 Å². The Labute approximate surface area is 186 Å². The molecule has 3 rings (SSSR count). The van der Waals surface area contributed by atoms with Crippen LogP contribution in [0.15, 0.2) is 59.9 Å². The van der Waals surface area contributed by atoms with E-state index in [0.29, 0.717) is 26.4 Å². The first kappa shape index (κ1) is 20.9. The molecule has 2 aromatic carbocycles. The van der Waals surface area contributed by atoms with E-state index in [0.717, 1.165) is 16.2 Å². The van der Waals surface area contributed by atoms with Gasteiger partial charge in [0.15, 0.2) is 0 Å². The zero-order valence-corrected chi connectivity index (χ0v) is 18.9. The number of aliphatic carboxylic acids is 1. The molecule has 0 saturated heterocycles. The van der Waals surface area contributed by atoms with Crippen molar-refractivity contribution in [1.29, 1.82) is 0 Å². The molecule has 0 amide bonds. The molecular weight excluding hydrogens is 536 g/mol. The topological polar surface area (TPSA) is 85.5 Å². The molecule has 1 N–H and O–H groups in total. The van der Waals surface area contributed by atoms with Gasteiger partial charge in [-0.25, -0.2) is 4.79 Å². The maximum atomic E-state index is 11.7. The van der Waals surface area contributed by atoms with E-state index in [1.165, 1.54) is 13.2 Å². The Bertz CT molecular complexity index is 1050. The Balaban J connectivity index is 1.92. The van der Waals surface area contributed by atoms with Gasteiger partial charge in [0.25, 0.3) is 5.22 Å². The number of hydrogen-bond donors (Lipinski definition) is 1. The summed E-state index contributed by atoms with van der Waals surface area (Å²) in [5.74, 6) is -0.351. The van der Waals surface area contributed by atoms with Crippen LogP contribution in [0.4, 0.5) is 0 Å². The molecule has 0 unspecified atom stereocenters. The quantitative estimate of drug-likeness (QED) is 0.294. The van der Waals surface area contributed by atoms with Crippen LogP contribution in [-0.2, 0) is 4.79 Å². The molecule has 0 spiro atoms. The molecule has 10 heteroatoms. The van der Waals surface area contributed by atoms with E-state index in [2.05, 4.69) is 42.1 Å². The third-order valence-corrected chi connectivity index (χ3v) is 5.58. The van der Waals surface area contributed by atoms with Crippen LogP contribution in [-0.4, -0.2) is 28.4 Å². The largest absolute Gasteiger partial charge is 0.495 e. The lowest BCUT2D eigenvalue weighted by atomic mass is 10.2. The summed E-state index contributed by atoms with van der Waals surface area (Å²) in [6.07, 6.45) is 1.48. The summed E-state index contributed by atoms with van der Waals surface area (Å²) in [5.41, 5.74) is 1.26. The van der Waals surface area contributed by atoms with Gasteiger partial charge in [0.2, 0.25) is 5.89 Å². The van der Waals surface area contributed by atoms with Crippen LogP contribution in [0.3, 0.4) is 0 Å². The normalized spacial score (nSPS) is 11.5. The molecule has 0 radical (unpaired) electrons. The van der Waals surface area contributed by atoms with Crippen LogP contribution in [0.25, 0.3) is 17.5 Å². The van der Waals surface area contributed by atoms with Crippen molar-refractivity contribution in [3.05, 3.63) is 60.8 Å². The van der Waals surface area contributed by atoms with Gasteiger partial charge in [0.05, 0.1) is 11.6 Å². The predicted octanol–water partition coefficient (Wildman–Crippen LogP) is 6.14. The molecule has 1 aromatic heterocycles. The van der Waals surface area contributed by atoms with Crippen LogP contribution < -0.4 is 4.74 Å². The molecule has 0 saturated carbocycles. The van der Waals surface area contributed by atoms with E-state index in [1.54, 1.807) is 36.4 Å². The second kappa shape index (κ2) is 9.13. The average molecular weight is 547 g/mol. The number of aromatic nitrogens is 2. The molecule has 6 nitrogen and oxygen atoms in total. The van der Waals surface area contributed by atoms with E-state index in [-0.39, 0.29) is 16.0 Å². The molecule has 0 atom stereocenters. The van der Waals surface area contributed by atoms with Crippen LogP contribution in [0.1, 0.15) is 5.56 Å². The number of ether oxygens (including phenoxy) is 1. The first-order valence-corrected chi connectivity index (χ1v) is 10.4. The molecule has 28 heavy (non-hydrogen) atoms. The Kier molecular flexibility index (Phi) is 6.82. The molecule has 3 aromatic rings. The average Bonchev–Trinajstić information content (AvgIpc) is 3.10. The Morgan fingerprint density at radius 1 is 1.25 bits per heavy atom. The van der Waals surface area contributed by atoms with E-state index in [9.17, 15) is 9.90 Å². The second-order valence-corrected chi connectivity index (χ2v) is 8.51. The number of carbonyl (C=O) groups is 1. The summed E-state index contributed by atoms with van der Waals surface area (Å²) < 4.78 is 12.4. The lowest BCUT2D eigenvalue weighted by molar-refractivity contribution is -0.131. The van der Waals surface area contributed by atoms with Gasteiger partial charge in [-0.1, -0.05) is 27.5 Å². The number of nitrogens with zero attached hydrogens (tertiary/aromatic N) is 2. The number of rotatable bonds is 6. The van der Waals surface area contributed by atoms with Gasteiger partial charge in [-0.15, -0.1) is 10.2 Å². The van der Waals surface area contributed by atoms with E-state index < -0.39 is 5.97 Å². The van der Waals surface area contributed by atoms with Gasteiger partial charge in [0.1, 0.15) is 10.7 Å². The standard InChI is InChI=1S/C18H11Br2ClN2O4S/c1-26-15-10(6-11(19)8-13(15)20)7-14(17(24)25)28-18-23-22-16(27-18)9-2-4-12(21)5-3-9/h2-8H,1H3,(H,24,25)/b14-7-. The monoisotopic (exact) mass is 544 g/mol. The summed E-state index contributed by atoms with van der Waals surface area (Å²) >= 11 is 13.5. The summed E-state index contributed by atoms with van der Waals surface area (Å²) in [7, 11) is 1.51. The van der Waals surface area contributed by atoms with Crippen molar-refractivity contribution in [2.45, 2.75) is 5.22 Å². The van der Waals surface area contributed by atoms with Gasteiger partial charge >= 0.3 is 5.97 Å². The highest BCUT2D eigenvalue weighted by molar-refractivity contribution is 9.11. The fourth-order valence-corrected chi connectivity index (χ4v) is 4.44. The Hall–Kier alpha value is -1.81. The lowest BCUT2D eigenvalue weighted by Gasteiger charge is -2.09. The molecule has 1 heterocycles. The Morgan fingerprint density at radius 3 is 2.61 bits per heavy atom. The number of benzene rings is 2. The molecule has 0 bridgehead atoms. The van der Waals surface area contributed by atoms with Crippen molar-refractivity contribution in [2.24, 2.45) is 0 Å². The van der Waals surface area contributed by atoms with Crippen LogP contribution >= 0.6 is 55.2 Å². The van der Waals surface area contributed by atoms with Crippen LogP contribution in [0.5, 0.6) is 5.75 Å². The van der Waals surface area contributed by atoms with E-state index in [4.69, 9.17) is 20.8 Å². The molecule has 0 aliphatic rings. The minimum Gasteiger partial charge on any atom is -0.495 e. The first-order valence-electron chi connectivity index (χ1n) is 7.62. The summed E-state index contributed by atoms with van der Waals surface area (Å²) in [5, 5.41) is 18.2. The number of thioether (sulfide) groups is 1. The van der Waals surface area contributed by atoms with Crippen molar-refractivity contribution in [2.75, 3.05) is 7.11 Å². The minimum absolute atomic E-state index is 0.00499. The summed E-state index contributed by atoms with van der Waals surface area (Å²) in [6, 6.07) is 10.4. The SMILES string of the molecule is COc1c(Br)cc(Br)cc1/C=C(\Sc1nnc(-c2ccc(Cl)cc2)o1)C(=O)O. The fraction of sp³-hybridized carbons (Fsp3) is 0.0556. The van der Waals surface area contributed by atoms with Gasteiger partial charge < -0.3 is 14.3 Å². The zero-order valence-electron chi connectivity index (χ0n) is 14.1. The molecule has 0 aliphatic heterocycles. The molecular formula is C18H11Br2ClN2O4S. The third-order valence-electron chi connectivity index (χ3n) is 3.43. The van der Waals surface area contributed by atoms with Gasteiger partial charge in [0, 0.05) is 20.6 Å². The van der Waals surface area contributed by atoms with Gasteiger partial charge in [-0.2, -0.15) is 0 Å². The minimum atomic E-state index is -1.13. The lowest BCUT2D eigenvalue weighted by Crippen LogP contribution is -1.98. The predicted molar refractivity (Wildman–Crippen MR) is 115 cm³/mol. The third kappa shape index (κ3) is 4.96. The number of carboxylic acid groups (broad SMARTS) is 1. The number of methoxy groups -OCH3 is 1. The number of halogens is 3. The summed E-state index contributed by atoms with van der Waals surface area (Å²) in [4.78, 5) is 11.7. The van der Waals surface area contributed by atoms with Crippen molar-refractivity contribution in [1.82, 2.24) is 10.2 Å².